The van der Waals surface area contributed by atoms with Crippen LogP contribution in [0.2, 0.25) is 0 Å². The quantitative estimate of drug-likeness (QED) is 0.273. The standard InChI is InChI=1S/C28H21N3O2/c1-3-31-20(16-24-28(31)29-27(30(24)2)17-9-5-4-6-10-17)15-23-25(32)21-13-18-11-7-8-12-19(18)14-22(21)26(23)33/h4-16H,3H2,1-2H3. The Hall–Kier alpha value is -4.25. The number of Topliss-reactive ketones (excluding diaryl/α,β-unsaturated/α-hetero) is 2. The fraction of sp³-hybridized carbons (Fsp3) is 0.107. The van der Waals surface area contributed by atoms with Gasteiger partial charge in [0.1, 0.15) is 5.82 Å². The number of hydrogen-bond donors (Lipinski definition) is 0. The summed E-state index contributed by atoms with van der Waals surface area (Å²) in [5, 5.41) is 1.91. The fourth-order valence-electron chi connectivity index (χ4n) is 4.78. The normalized spacial score (nSPS) is 13.3. The fourth-order valence-corrected chi connectivity index (χ4v) is 4.78. The molecule has 5 nitrogen and oxygen atoms in total. The van der Waals surface area contributed by atoms with Crippen molar-refractivity contribution in [3.63, 3.8) is 0 Å². The van der Waals surface area contributed by atoms with E-state index < -0.39 is 0 Å². The Morgan fingerprint density at radius 3 is 2.06 bits per heavy atom. The van der Waals surface area contributed by atoms with Crippen molar-refractivity contribution < 1.29 is 9.59 Å². The highest BCUT2D eigenvalue weighted by Crippen LogP contribution is 2.33. The number of aromatic nitrogens is 3. The number of benzene rings is 3. The number of aryl methyl sites for hydroxylation is 2. The SMILES string of the molecule is CCn1c(C=C2C(=O)c3cc4ccccc4cc3C2=O)cc2c1nc(-c1ccccc1)n2C. The highest BCUT2D eigenvalue weighted by Gasteiger charge is 2.34. The van der Waals surface area contributed by atoms with E-state index in [4.69, 9.17) is 4.98 Å². The van der Waals surface area contributed by atoms with E-state index in [1.54, 1.807) is 6.08 Å². The summed E-state index contributed by atoms with van der Waals surface area (Å²) in [7, 11) is 1.99. The molecule has 33 heavy (non-hydrogen) atoms. The minimum Gasteiger partial charge on any atom is -0.326 e. The van der Waals surface area contributed by atoms with Gasteiger partial charge in [0.05, 0.1) is 11.1 Å². The first-order chi connectivity index (χ1) is 16.1. The van der Waals surface area contributed by atoms with Crippen molar-refractivity contribution in [2.45, 2.75) is 13.5 Å². The van der Waals surface area contributed by atoms with Gasteiger partial charge in [-0.25, -0.2) is 4.98 Å². The zero-order valence-electron chi connectivity index (χ0n) is 18.4. The molecule has 0 amide bonds. The Bertz CT molecular complexity index is 1580. The van der Waals surface area contributed by atoms with Gasteiger partial charge in [-0.2, -0.15) is 0 Å². The number of carbonyl (C=O) groups is 2. The summed E-state index contributed by atoms with van der Waals surface area (Å²) in [5.41, 5.74) is 4.82. The third-order valence-corrected chi connectivity index (χ3v) is 6.48. The van der Waals surface area contributed by atoms with Crippen LogP contribution in [-0.4, -0.2) is 25.7 Å². The van der Waals surface area contributed by atoms with Crippen LogP contribution in [0.25, 0.3) is 39.4 Å². The lowest BCUT2D eigenvalue weighted by Gasteiger charge is -2.04. The number of fused-ring (bicyclic) bond motifs is 3. The van der Waals surface area contributed by atoms with Crippen LogP contribution in [0.4, 0.5) is 0 Å². The number of rotatable bonds is 3. The van der Waals surface area contributed by atoms with E-state index in [1.807, 2.05) is 86.8 Å². The van der Waals surface area contributed by atoms with E-state index in [-0.39, 0.29) is 17.1 Å². The minimum absolute atomic E-state index is 0.209. The monoisotopic (exact) mass is 431 g/mol. The van der Waals surface area contributed by atoms with Gasteiger partial charge in [-0.05, 0) is 42.0 Å². The molecule has 0 atom stereocenters. The molecule has 0 saturated heterocycles. The third kappa shape index (κ3) is 2.82. The largest absolute Gasteiger partial charge is 0.326 e. The summed E-state index contributed by atoms with van der Waals surface area (Å²) in [6, 6.07) is 23.5. The van der Waals surface area contributed by atoms with Gasteiger partial charge in [0.25, 0.3) is 0 Å². The van der Waals surface area contributed by atoms with Gasteiger partial charge in [-0.1, -0.05) is 54.6 Å². The first kappa shape index (κ1) is 19.4. The Labute approximate surface area is 190 Å². The number of imidazole rings is 1. The average molecular weight is 431 g/mol. The molecule has 0 bridgehead atoms. The third-order valence-electron chi connectivity index (χ3n) is 6.48. The molecule has 0 spiro atoms. The number of hydrogen-bond acceptors (Lipinski definition) is 3. The lowest BCUT2D eigenvalue weighted by Crippen LogP contribution is -2.03. The molecule has 0 fully saturated rings. The van der Waals surface area contributed by atoms with E-state index in [0.29, 0.717) is 17.7 Å². The Morgan fingerprint density at radius 2 is 1.45 bits per heavy atom. The van der Waals surface area contributed by atoms with Gasteiger partial charge in [0, 0.05) is 36.0 Å². The molecular weight excluding hydrogens is 410 g/mol. The van der Waals surface area contributed by atoms with Crippen molar-refractivity contribution in [2.75, 3.05) is 0 Å². The number of carbonyl (C=O) groups excluding carboxylic acids is 2. The van der Waals surface area contributed by atoms with Crippen LogP contribution in [0, 0.1) is 0 Å². The molecule has 2 heterocycles. The lowest BCUT2D eigenvalue weighted by molar-refractivity contribution is 0.0990. The summed E-state index contributed by atoms with van der Waals surface area (Å²) in [4.78, 5) is 31.3. The molecule has 1 aliphatic rings. The predicted molar refractivity (Wildman–Crippen MR) is 130 cm³/mol. The smallest absolute Gasteiger partial charge is 0.197 e. The predicted octanol–water partition coefficient (Wildman–Crippen LogP) is 5.68. The first-order valence-electron chi connectivity index (χ1n) is 11.0. The zero-order valence-corrected chi connectivity index (χ0v) is 18.4. The second-order valence-electron chi connectivity index (χ2n) is 8.34. The van der Waals surface area contributed by atoms with Crippen LogP contribution in [0.5, 0.6) is 0 Å². The molecule has 0 unspecified atom stereocenters. The molecule has 0 radical (unpaired) electrons. The second kappa shape index (κ2) is 7.14. The topological polar surface area (TPSA) is 56.9 Å². The summed E-state index contributed by atoms with van der Waals surface area (Å²) in [6.07, 6.45) is 1.72. The van der Waals surface area contributed by atoms with Gasteiger partial charge >= 0.3 is 0 Å². The van der Waals surface area contributed by atoms with Crippen LogP contribution in [0.15, 0.2) is 78.4 Å². The molecule has 3 aromatic carbocycles. The van der Waals surface area contributed by atoms with Crippen molar-refractivity contribution in [3.05, 3.63) is 95.2 Å². The highest BCUT2D eigenvalue weighted by atomic mass is 16.2. The number of nitrogens with zero attached hydrogens (tertiary/aromatic N) is 3. The molecule has 5 heteroatoms. The molecule has 0 aliphatic heterocycles. The molecule has 5 aromatic rings. The van der Waals surface area contributed by atoms with Crippen molar-refractivity contribution in [2.24, 2.45) is 7.05 Å². The molecule has 160 valence electrons. The summed E-state index contributed by atoms with van der Waals surface area (Å²) in [6.45, 7) is 2.71. The summed E-state index contributed by atoms with van der Waals surface area (Å²) < 4.78 is 4.10. The molecule has 6 rings (SSSR count). The minimum atomic E-state index is -0.216. The maximum Gasteiger partial charge on any atom is 0.197 e. The van der Waals surface area contributed by atoms with Gasteiger partial charge in [0.15, 0.2) is 17.2 Å². The molecular formula is C28H21N3O2. The molecule has 0 saturated carbocycles. The Morgan fingerprint density at radius 1 is 0.848 bits per heavy atom. The maximum absolute atomic E-state index is 13.2. The van der Waals surface area contributed by atoms with E-state index >= 15 is 0 Å². The second-order valence-corrected chi connectivity index (χ2v) is 8.34. The van der Waals surface area contributed by atoms with Crippen LogP contribution in [0.3, 0.4) is 0 Å². The molecule has 0 N–H and O–H groups in total. The Balaban J connectivity index is 1.48. The van der Waals surface area contributed by atoms with Gasteiger partial charge < -0.3 is 9.13 Å². The van der Waals surface area contributed by atoms with Gasteiger partial charge in [-0.15, -0.1) is 0 Å². The van der Waals surface area contributed by atoms with Crippen molar-refractivity contribution >= 4 is 39.6 Å². The van der Waals surface area contributed by atoms with Crippen molar-refractivity contribution in [3.8, 4) is 11.4 Å². The maximum atomic E-state index is 13.2. The molecule has 1 aliphatic carbocycles. The van der Waals surface area contributed by atoms with Gasteiger partial charge in [0.2, 0.25) is 0 Å². The number of ketones is 2. The molecule has 2 aromatic heterocycles. The van der Waals surface area contributed by atoms with E-state index in [2.05, 4.69) is 9.13 Å². The lowest BCUT2D eigenvalue weighted by atomic mass is 10.0. The summed E-state index contributed by atoms with van der Waals surface area (Å²) >= 11 is 0. The van der Waals surface area contributed by atoms with Crippen LogP contribution in [-0.2, 0) is 13.6 Å². The Kier molecular flexibility index (Phi) is 4.20. The highest BCUT2D eigenvalue weighted by molar-refractivity contribution is 6.42. The van der Waals surface area contributed by atoms with Crippen LogP contribution in [0.1, 0.15) is 33.3 Å². The van der Waals surface area contributed by atoms with Crippen molar-refractivity contribution in [1.29, 1.82) is 0 Å². The van der Waals surface area contributed by atoms with Gasteiger partial charge in [-0.3, -0.25) is 9.59 Å². The summed E-state index contributed by atoms with van der Waals surface area (Å²) in [5.74, 6) is 0.451. The van der Waals surface area contributed by atoms with E-state index in [0.717, 1.165) is 39.0 Å². The number of allylic oxidation sites excluding steroid dienone is 1. The van der Waals surface area contributed by atoms with E-state index in [9.17, 15) is 9.59 Å². The zero-order chi connectivity index (χ0) is 22.7. The van der Waals surface area contributed by atoms with Crippen LogP contribution >= 0.6 is 0 Å². The van der Waals surface area contributed by atoms with E-state index in [1.165, 1.54) is 0 Å². The van der Waals surface area contributed by atoms with Crippen molar-refractivity contribution in [1.82, 2.24) is 14.1 Å². The van der Waals surface area contributed by atoms with Crippen LogP contribution < -0.4 is 0 Å². The first-order valence-corrected chi connectivity index (χ1v) is 11.0. The average Bonchev–Trinajstić information content (AvgIpc) is 3.43.